The highest BCUT2D eigenvalue weighted by atomic mass is 19.1. The Hall–Kier alpha value is -3.48. The Balaban J connectivity index is 1.66. The Morgan fingerprint density at radius 2 is 1.68 bits per heavy atom. The van der Waals surface area contributed by atoms with Crippen molar-refractivity contribution in [2.24, 2.45) is 5.92 Å². The number of nitrogens with one attached hydrogen (secondary N) is 2. The summed E-state index contributed by atoms with van der Waals surface area (Å²) < 4.78 is 13.1. The van der Waals surface area contributed by atoms with E-state index in [4.69, 9.17) is 0 Å². The van der Waals surface area contributed by atoms with Crippen molar-refractivity contribution in [3.8, 4) is 0 Å². The molecule has 2 aromatic carbocycles. The van der Waals surface area contributed by atoms with E-state index in [0.717, 1.165) is 0 Å². The second-order valence-electron chi connectivity index (χ2n) is 7.49. The molecule has 1 aliphatic rings. The number of carbonyl (C=O) groups is 3. The van der Waals surface area contributed by atoms with Crippen molar-refractivity contribution in [2.75, 3.05) is 19.6 Å². The number of hydrogen-bond donors (Lipinski definition) is 2. The molecule has 1 atom stereocenters. The molecular formula is C24H26FN3O3. The van der Waals surface area contributed by atoms with Gasteiger partial charge in [0.15, 0.2) is 0 Å². The van der Waals surface area contributed by atoms with E-state index in [9.17, 15) is 18.8 Å². The number of halogens is 1. The molecule has 0 saturated carbocycles. The zero-order chi connectivity index (χ0) is 22.2. The number of amides is 3. The molecule has 7 heteroatoms. The van der Waals surface area contributed by atoms with Crippen molar-refractivity contribution >= 4 is 17.7 Å². The van der Waals surface area contributed by atoms with Crippen LogP contribution in [0.4, 0.5) is 4.39 Å². The van der Waals surface area contributed by atoms with E-state index in [1.807, 2.05) is 6.07 Å². The molecule has 0 spiro atoms. The molecule has 2 N–H and O–H groups in total. The third-order valence-corrected chi connectivity index (χ3v) is 5.42. The van der Waals surface area contributed by atoms with Gasteiger partial charge in [-0.25, -0.2) is 4.39 Å². The van der Waals surface area contributed by atoms with Crippen LogP contribution in [-0.4, -0.2) is 48.3 Å². The fourth-order valence-electron chi connectivity index (χ4n) is 3.71. The SMILES string of the molecule is C=CCNC(=O)[C@H](NC(=O)c1ccccc1)C1CCN(C(=O)c2ccc(F)cc2)CC1. The van der Waals surface area contributed by atoms with Gasteiger partial charge < -0.3 is 15.5 Å². The van der Waals surface area contributed by atoms with E-state index in [1.165, 1.54) is 24.3 Å². The van der Waals surface area contributed by atoms with Gasteiger partial charge in [0.2, 0.25) is 5.91 Å². The van der Waals surface area contributed by atoms with Crippen LogP contribution in [0.3, 0.4) is 0 Å². The quantitative estimate of drug-likeness (QED) is 0.673. The fraction of sp³-hybridized carbons (Fsp3) is 0.292. The van der Waals surface area contributed by atoms with Gasteiger partial charge in [0.1, 0.15) is 11.9 Å². The summed E-state index contributed by atoms with van der Waals surface area (Å²) in [6.07, 6.45) is 2.71. The summed E-state index contributed by atoms with van der Waals surface area (Å²) in [6, 6.07) is 13.5. The lowest BCUT2D eigenvalue weighted by Crippen LogP contribution is -2.53. The average Bonchev–Trinajstić information content (AvgIpc) is 2.81. The van der Waals surface area contributed by atoms with Crippen LogP contribution in [0, 0.1) is 11.7 Å². The van der Waals surface area contributed by atoms with E-state index < -0.39 is 11.9 Å². The van der Waals surface area contributed by atoms with Crippen LogP contribution in [0.5, 0.6) is 0 Å². The molecule has 0 bridgehead atoms. The average molecular weight is 423 g/mol. The van der Waals surface area contributed by atoms with E-state index in [0.29, 0.717) is 43.6 Å². The van der Waals surface area contributed by atoms with Crippen molar-refractivity contribution in [3.63, 3.8) is 0 Å². The first-order valence-electron chi connectivity index (χ1n) is 10.3. The highest BCUT2D eigenvalue weighted by Crippen LogP contribution is 2.23. The minimum Gasteiger partial charge on any atom is -0.351 e. The van der Waals surface area contributed by atoms with Crippen molar-refractivity contribution < 1.29 is 18.8 Å². The Labute approximate surface area is 181 Å². The molecule has 0 radical (unpaired) electrons. The maximum atomic E-state index is 13.1. The van der Waals surface area contributed by atoms with Crippen LogP contribution in [0.25, 0.3) is 0 Å². The number of likely N-dealkylation sites (tertiary alicyclic amines) is 1. The van der Waals surface area contributed by atoms with E-state index in [2.05, 4.69) is 17.2 Å². The highest BCUT2D eigenvalue weighted by molar-refractivity contribution is 5.97. The molecule has 0 aromatic heterocycles. The standard InChI is InChI=1S/C24H26FN3O3/c1-2-14-26-23(30)21(27-22(29)18-6-4-3-5-7-18)17-12-15-28(16-13-17)24(31)19-8-10-20(25)11-9-19/h2-11,17,21H,1,12-16H2,(H,26,30)(H,27,29)/t21-/m1/s1. The number of benzene rings is 2. The highest BCUT2D eigenvalue weighted by Gasteiger charge is 2.34. The van der Waals surface area contributed by atoms with Crippen molar-refractivity contribution in [2.45, 2.75) is 18.9 Å². The van der Waals surface area contributed by atoms with Crippen molar-refractivity contribution in [1.29, 1.82) is 0 Å². The lowest BCUT2D eigenvalue weighted by atomic mass is 9.88. The Kier molecular flexibility index (Phi) is 7.54. The van der Waals surface area contributed by atoms with Crippen LogP contribution in [-0.2, 0) is 4.79 Å². The molecule has 162 valence electrons. The smallest absolute Gasteiger partial charge is 0.253 e. The molecule has 1 aliphatic heterocycles. The maximum Gasteiger partial charge on any atom is 0.253 e. The minimum absolute atomic E-state index is 0.116. The first-order valence-corrected chi connectivity index (χ1v) is 10.3. The van der Waals surface area contributed by atoms with Crippen LogP contribution in [0.1, 0.15) is 33.6 Å². The molecule has 0 aliphatic carbocycles. The predicted octanol–water partition coefficient (Wildman–Crippen LogP) is 2.78. The summed E-state index contributed by atoms with van der Waals surface area (Å²) in [5.74, 6) is -1.26. The predicted molar refractivity (Wildman–Crippen MR) is 116 cm³/mol. The number of nitrogens with zero attached hydrogens (tertiary/aromatic N) is 1. The molecule has 6 nitrogen and oxygen atoms in total. The van der Waals surface area contributed by atoms with Crippen LogP contribution >= 0.6 is 0 Å². The summed E-state index contributed by atoms with van der Waals surface area (Å²) in [5, 5.41) is 5.63. The third-order valence-electron chi connectivity index (χ3n) is 5.42. The summed E-state index contributed by atoms with van der Waals surface area (Å²) in [7, 11) is 0. The normalized spacial score (nSPS) is 15.1. The van der Waals surface area contributed by atoms with Gasteiger partial charge >= 0.3 is 0 Å². The topological polar surface area (TPSA) is 78.5 Å². The van der Waals surface area contributed by atoms with Gasteiger partial charge in [-0.2, -0.15) is 0 Å². The molecular weight excluding hydrogens is 397 g/mol. The van der Waals surface area contributed by atoms with Crippen molar-refractivity contribution in [1.82, 2.24) is 15.5 Å². The van der Waals surface area contributed by atoms with E-state index in [1.54, 1.807) is 35.2 Å². The summed E-state index contributed by atoms with van der Waals surface area (Å²) in [6.45, 7) is 4.81. The van der Waals surface area contributed by atoms with Gasteiger partial charge in [0.25, 0.3) is 11.8 Å². The molecule has 1 fully saturated rings. The van der Waals surface area contributed by atoms with Gasteiger partial charge in [0.05, 0.1) is 0 Å². The maximum absolute atomic E-state index is 13.1. The van der Waals surface area contributed by atoms with Crippen molar-refractivity contribution in [3.05, 3.63) is 84.2 Å². The lowest BCUT2D eigenvalue weighted by molar-refractivity contribution is -0.124. The van der Waals surface area contributed by atoms with E-state index in [-0.39, 0.29) is 23.6 Å². The summed E-state index contributed by atoms with van der Waals surface area (Å²) in [4.78, 5) is 39.8. The zero-order valence-electron chi connectivity index (χ0n) is 17.2. The second-order valence-corrected chi connectivity index (χ2v) is 7.49. The molecule has 3 amide bonds. The molecule has 31 heavy (non-hydrogen) atoms. The third kappa shape index (κ3) is 5.78. The lowest BCUT2D eigenvalue weighted by Gasteiger charge is -2.35. The summed E-state index contributed by atoms with van der Waals surface area (Å²) >= 11 is 0. The second kappa shape index (κ2) is 10.5. The Bertz CT molecular complexity index is 923. The Morgan fingerprint density at radius 1 is 1.03 bits per heavy atom. The van der Waals surface area contributed by atoms with Gasteiger partial charge in [-0.15, -0.1) is 6.58 Å². The first kappa shape index (κ1) is 22.2. The summed E-state index contributed by atoms with van der Waals surface area (Å²) in [5.41, 5.74) is 0.908. The number of piperidine rings is 1. The first-order chi connectivity index (χ1) is 15.0. The molecule has 3 rings (SSSR count). The van der Waals surface area contributed by atoms with Gasteiger partial charge in [-0.3, -0.25) is 14.4 Å². The van der Waals surface area contributed by atoms with Crippen LogP contribution in [0.2, 0.25) is 0 Å². The van der Waals surface area contributed by atoms with Crippen LogP contribution < -0.4 is 10.6 Å². The van der Waals surface area contributed by atoms with Gasteiger partial charge in [-0.05, 0) is 55.2 Å². The Morgan fingerprint density at radius 3 is 2.29 bits per heavy atom. The van der Waals surface area contributed by atoms with Crippen LogP contribution in [0.15, 0.2) is 67.3 Å². The molecule has 0 unspecified atom stereocenters. The molecule has 2 aromatic rings. The number of rotatable bonds is 7. The monoisotopic (exact) mass is 423 g/mol. The zero-order valence-corrected chi connectivity index (χ0v) is 17.2. The fourth-order valence-corrected chi connectivity index (χ4v) is 3.71. The van der Waals surface area contributed by atoms with Gasteiger partial charge in [-0.1, -0.05) is 24.3 Å². The minimum atomic E-state index is -0.712. The van der Waals surface area contributed by atoms with E-state index >= 15 is 0 Å². The molecule has 1 heterocycles. The largest absolute Gasteiger partial charge is 0.351 e. The number of hydrogen-bond acceptors (Lipinski definition) is 3. The number of carbonyl (C=O) groups excluding carboxylic acids is 3. The molecule has 1 saturated heterocycles. The van der Waals surface area contributed by atoms with Gasteiger partial charge in [0, 0.05) is 30.8 Å².